The Bertz CT molecular complexity index is 632. The van der Waals surface area contributed by atoms with E-state index in [1.54, 1.807) is 5.56 Å². The van der Waals surface area contributed by atoms with Gasteiger partial charge >= 0.3 is 0 Å². The van der Waals surface area contributed by atoms with E-state index < -0.39 is 0 Å². The topological polar surface area (TPSA) is 0 Å². The second kappa shape index (κ2) is 4.48. The molecule has 0 saturated heterocycles. The largest absolute Gasteiger partial charge is 0.0590 e. The van der Waals surface area contributed by atoms with Crippen LogP contribution >= 0.6 is 0 Å². The van der Waals surface area contributed by atoms with E-state index >= 15 is 0 Å². The predicted octanol–water partition coefficient (Wildman–Crippen LogP) is 5.48. The van der Waals surface area contributed by atoms with E-state index in [4.69, 9.17) is 0 Å². The van der Waals surface area contributed by atoms with E-state index in [1.807, 2.05) is 0 Å². The quantitative estimate of drug-likeness (QED) is 0.639. The smallest absolute Gasteiger partial charge is 0.000372 e. The van der Waals surface area contributed by atoms with E-state index in [0.29, 0.717) is 11.8 Å². The van der Waals surface area contributed by atoms with Crippen molar-refractivity contribution in [2.45, 2.75) is 51.9 Å². The van der Waals surface area contributed by atoms with Crippen LogP contribution in [-0.2, 0) is 5.41 Å². The lowest BCUT2D eigenvalue weighted by atomic mass is 9.72. The van der Waals surface area contributed by atoms with Gasteiger partial charge < -0.3 is 0 Å². The van der Waals surface area contributed by atoms with Crippen LogP contribution in [0.3, 0.4) is 0 Å². The highest BCUT2D eigenvalue weighted by atomic mass is 14.5. The molecular weight excluding hydrogens is 240 g/mol. The molecule has 0 nitrogen and oxygen atoms in total. The van der Waals surface area contributed by atoms with Crippen molar-refractivity contribution in [1.29, 1.82) is 0 Å². The minimum absolute atomic E-state index is 0.206. The molecule has 2 unspecified atom stereocenters. The highest BCUT2D eigenvalue weighted by molar-refractivity contribution is 5.49. The Morgan fingerprint density at radius 1 is 0.850 bits per heavy atom. The maximum Gasteiger partial charge on any atom is -0.000372 e. The summed E-state index contributed by atoms with van der Waals surface area (Å²) in [6, 6.07) is 16.1. The molecule has 104 valence electrons. The van der Waals surface area contributed by atoms with Gasteiger partial charge in [0.2, 0.25) is 0 Å². The molecule has 3 rings (SSSR count). The molecule has 0 bridgehead atoms. The Labute approximate surface area is 122 Å². The predicted molar refractivity (Wildman–Crippen MR) is 86.5 cm³/mol. The van der Waals surface area contributed by atoms with Gasteiger partial charge in [0, 0.05) is 0 Å². The first-order valence-corrected chi connectivity index (χ1v) is 7.59. The van der Waals surface area contributed by atoms with Crippen LogP contribution in [0, 0.1) is 13.8 Å². The number of hydrogen-bond donors (Lipinski definition) is 0. The van der Waals surface area contributed by atoms with Crippen LogP contribution < -0.4 is 0 Å². The maximum atomic E-state index is 2.40. The van der Waals surface area contributed by atoms with Crippen molar-refractivity contribution in [2.75, 3.05) is 0 Å². The van der Waals surface area contributed by atoms with Crippen LogP contribution in [0.5, 0.6) is 0 Å². The summed E-state index contributed by atoms with van der Waals surface area (Å²) in [6.45, 7) is 11.5. The van der Waals surface area contributed by atoms with Crippen molar-refractivity contribution >= 4 is 0 Å². The van der Waals surface area contributed by atoms with E-state index in [1.165, 1.54) is 22.3 Å². The zero-order valence-corrected chi connectivity index (χ0v) is 13.2. The molecule has 1 aliphatic carbocycles. The van der Waals surface area contributed by atoms with Gasteiger partial charge in [-0.25, -0.2) is 0 Å². The molecule has 0 heteroatoms. The Hall–Kier alpha value is -1.56. The molecule has 0 saturated carbocycles. The summed E-state index contributed by atoms with van der Waals surface area (Å²) in [4.78, 5) is 0. The molecule has 0 spiro atoms. The molecule has 0 fully saturated rings. The van der Waals surface area contributed by atoms with Gasteiger partial charge in [-0.1, -0.05) is 74.4 Å². The molecule has 2 atom stereocenters. The number of aryl methyl sites for hydroxylation is 2. The van der Waals surface area contributed by atoms with Crippen LogP contribution in [0.4, 0.5) is 0 Å². The summed E-state index contributed by atoms with van der Waals surface area (Å²) in [5.41, 5.74) is 7.46. The van der Waals surface area contributed by atoms with Crippen LogP contribution in [0.25, 0.3) is 0 Å². The number of fused-ring (bicyclic) bond motifs is 1. The molecule has 0 amide bonds. The van der Waals surface area contributed by atoms with Gasteiger partial charge in [-0.3, -0.25) is 0 Å². The van der Waals surface area contributed by atoms with Gasteiger partial charge in [0.25, 0.3) is 0 Å². The molecule has 2 aromatic carbocycles. The third kappa shape index (κ3) is 1.90. The number of hydrogen-bond acceptors (Lipinski definition) is 0. The van der Waals surface area contributed by atoms with Crippen LogP contribution in [0.1, 0.15) is 60.4 Å². The van der Waals surface area contributed by atoms with Crippen molar-refractivity contribution in [3.8, 4) is 0 Å². The van der Waals surface area contributed by atoms with Gasteiger partial charge in [-0.15, -0.1) is 0 Å². The van der Waals surface area contributed by atoms with Crippen LogP contribution in [-0.4, -0.2) is 0 Å². The molecule has 0 N–H and O–H groups in total. The summed E-state index contributed by atoms with van der Waals surface area (Å²) in [6.07, 6.45) is 0. The van der Waals surface area contributed by atoms with E-state index in [-0.39, 0.29) is 5.41 Å². The summed E-state index contributed by atoms with van der Waals surface area (Å²) >= 11 is 0. The summed E-state index contributed by atoms with van der Waals surface area (Å²) in [7, 11) is 0. The maximum absolute atomic E-state index is 2.40. The van der Waals surface area contributed by atoms with Gasteiger partial charge in [-0.2, -0.15) is 0 Å². The SMILES string of the molecule is Cc1ccc(C2C(C)c3cc(C)ccc3C2(C)C)cc1. The number of benzene rings is 2. The van der Waals surface area contributed by atoms with Gasteiger partial charge in [0.05, 0.1) is 0 Å². The Morgan fingerprint density at radius 3 is 2.10 bits per heavy atom. The average Bonchev–Trinajstić information content (AvgIpc) is 2.58. The third-order valence-corrected chi connectivity index (χ3v) is 5.11. The van der Waals surface area contributed by atoms with Crippen LogP contribution in [0.15, 0.2) is 42.5 Å². The molecular formula is C20H24. The second-order valence-corrected chi connectivity index (χ2v) is 6.99. The van der Waals surface area contributed by atoms with Crippen molar-refractivity contribution in [3.63, 3.8) is 0 Å². The minimum atomic E-state index is 0.206. The molecule has 2 aromatic rings. The summed E-state index contributed by atoms with van der Waals surface area (Å²) in [5, 5.41) is 0. The normalized spacial score (nSPS) is 23.6. The van der Waals surface area contributed by atoms with Crippen molar-refractivity contribution in [2.24, 2.45) is 0 Å². The Morgan fingerprint density at radius 2 is 1.45 bits per heavy atom. The summed E-state index contributed by atoms with van der Waals surface area (Å²) in [5.74, 6) is 1.16. The molecule has 20 heavy (non-hydrogen) atoms. The molecule has 0 heterocycles. The minimum Gasteiger partial charge on any atom is -0.0590 e. The standard InChI is InChI=1S/C20H24/c1-13-6-9-16(10-7-13)19-15(3)17-12-14(2)8-11-18(17)20(19,4)5/h6-12,15,19H,1-5H3. The van der Waals surface area contributed by atoms with E-state index in [2.05, 4.69) is 77.1 Å². The Kier molecular flexibility index (Phi) is 3.01. The third-order valence-electron chi connectivity index (χ3n) is 5.11. The fourth-order valence-electron chi connectivity index (χ4n) is 4.10. The zero-order chi connectivity index (χ0) is 14.5. The second-order valence-electron chi connectivity index (χ2n) is 6.99. The molecule has 0 radical (unpaired) electrons. The lowest BCUT2D eigenvalue weighted by Crippen LogP contribution is -2.23. The van der Waals surface area contributed by atoms with Gasteiger partial charge in [-0.05, 0) is 47.8 Å². The van der Waals surface area contributed by atoms with E-state index in [0.717, 1.165) is 0 Å². The van der Waals surface area contributed by atoms with Crippen molar-refractivity contribution < 1.29 is 0 Å². The van der Waals surface area contributed by atoms with Crippen molar-refractivity contribution in [3.05, 3.63) is 70.3 Å². The molecule has 0 aromatic heterocycles. The zero-order valence-electron chi connectivity index (χ0n) is 13.2. The van der Waals surface area contributed by atoms with Gasteiger partial charge in [0.1, 0.15) is 0 Å². The fraction of sp³-hybridized carbons (Fsp3) is 0.400. The highest BCUT2D eigenvalue weighted by Gasteiger charge is 2.44. The first kappa shape index (κ1) is 13.4. The first-order valence-electron chi connectivity index (χ1n) is 7.59. The fourth-order valence-corrected chi connectivity index (χ4v) is 4.10. The molecule has 1 aliphatic rings. The molecule has 0 aliphatic heterocycles. The number of rotatable bonds is 1. The summed E-state index contributed by atoms with van der Waals surface area (Å²) < 4.78 is 0. The lowest BCUT2D eigenvalue weighted by Gasteiger charge is -2.31. The van der Waals surface area contributed by atoms with Crippen LogP contribution in [0.2, 0.25) is 0 Å². The highest BCUT2D eigenvalue weighted by Crippen LogP contribution is 2.55. The average molecular weight is 264 g/mol. The van der Waals surface area contributed by atoms with Crippen molar-refractivity contribution in [1.82, 2.24) is 0 Å². The van der Waals surface area contributed by atoms with Gasteiger partial charge in [0.15, 0.2) is 0 Å². The first-order chi connectivity index (χ1) is 9.41. The van der Waals surface area contributed by atoms with E-state index in [9.17, 15) is 0 Å². The monoisotopic (exact) mass is 264 g/mol. The lowest BCUT2D eigenvalue weighted by molar-refractivity contribution is 0.411. The Balaban J connectivity index is 2.12.